The Bertz CT molecular complexity index is 559. The number of aliphatic hydroxyl groups excluding tert-OH is 1. The van der Waals surface area contributed by atoms with E-state index in [9.17, 15) is 14.3 Å². The van der Waals surface area contributed by atoms with Crippen LogP contribution in [-0.2, 0) is 14.3 Å². The zero-order chi connectivity index (χ0) is 16.2. The molecule has 124 valence electrons. The molecule has 1 aromatic rings. The van der Waals surface area contributed by atoms with Crippen molar-refractivity contribution in [2.75, 3.05) is 26.3 Å². The lowest BCUT2D eigenvalue weighted by atomic mass is 9.94. The molecule has 0 saturated carbocycles. The van der Waals surface area contributed by atoms with Gasteiger partial charge in [-0.05, 0) is 5.56 Å². The minimum atomic E-state index is -1.62. The molecule has 2 aliphatic rings. The molecule has 1 N–H and O–H groups in total. The monoisotopic (exact) mass is 321 g/mol. The quantitative estimate of drug-likeness (QED) is 0.846. The number of hydrogen-bond donors (Lipinski definition) is 1. The summed E-state index contributed by atoms with van der Waals surface area (Å²) >= 11 is 0. The fraction of sp³-hybridized carbons (Fsp3) is 0.471. The Balaban J connectivity index is 1.79. The maximum absolute atomic E-state index is 14.7. The number of hydrogen-bond acceptors (Lipinski definition) is 5. The molecular weight excluding hydrogens is 301 g/mol. The largest absolute Gasteiger partial charge is 0.454 e. The number of benzene rings is 1. The molecule has 1 fully saturated rings. The molecule has 2 aliphatic heterocycles. The van der Waals surface area contributed by atoms with Crippen LogP contribution in [0.25, 0.3) is 0 Å². The van der Waals surface area contributed by atoms with E-state index in [2.05, 4.69) is 0 Å². The van der Waals surface area contributed by atoms with Crippen LogP contribution in [0.2, 0.25) is 0 Å². The van der Waals surface area contributed by atoms with E-state index in [1.807, 2.05) is 4.90 Å². The molecule has 3 rings (SSSR count). The van der Waals surface area contributed by atoms with Gasteiger partial charge in [-0.25, -0.2) is 9.18 Å². The van der Waals surface area contributed by atoms with Gasteiger partial charge in [-0.15, -0.1) is 0 Å². The number of carbonyl (C=O) groups excluding carboxylic acids is 1. The maximum atomic E-state index is 14.7. The van der Waals surface area contributed by atoms with Crippen LogP contribution in [0.1, 0.15) is 11.7 Å². The van der Waals surface area contributed by atoms with E-state index in [4.69, 9.17) is 9.47 Å². The highest BCUT2D eigenvalue weighted by molar-refractivity contribution is 5.83. The molecule has 1 aromatic carbocycles. The number of carbonyl (C=O) groups is 1. The molecule has 5 nitrogen and oxygen atoms in total. The summed E-state index contributed by atoms with van der Waals surface area (Å²) in [6.45, 7) is 2.44. The van der Waals surface area contributed by atoms with E-state index in [0.29, 0.717) is 31.9 Å². The molecule has 23 heavy (non-hydrogen) atoms. The van der Waals surface area contributed by atoms with Gasteiger partial charge in [0.05, 0.1) is 19.3 Å². The van der Waals surface area contributed by atoms with Crippen molar-refractivity contribution in [3.8, 4) is 0 Å². The smallest absolute Gasteiger partial charge is 0.330 e. The molecule has 0 aliphatic carbocycles. The Morgan fingerprint density at radius 3 is 2.61 bits per heavy atom. The minimum absolute atomic E-state index is 0.353. The van der Waals surface area contributed by atoms with Gasteiger partial charge in [0.15, 0.2) is 12.3 Å². The van der Waals surface area contributed by atoms with Crippen LogP contribution in [0.5, 0.6) is 0 Å². The van der Waals surface area contributed by atoms with E-state index in [1.165, 1.54) is 6.08 Å². The zero-order valence-electron chi connectivity index (χ0n) is 12.7. The predicted molar refractivity (Wildman–Crippen MR) is 81.5 cm³/mol. The lowest BCUT2D eigenvalue weighted by Crippen LogP contribution is -2.55. The third-order valence-electron chi connectivity index (χ3n) is 4.24. The van der Waals surface area contributed by atoms with Gasteiger partial charge in [0, 0.05) is 19.2 Å². The fourth-order valence-corrected chi connectivity index (χ4v) is 3.01. The second kappa shape index (κ2) is 7.21. The fourth-order valence-electron chi connectivity index (χ4n) is 3.01. The number of cyclic esters (lactones) is 1. The van der Waals surface area contributed by atoms with Gasteiger partial charge in [0.2, 0.25) is 0 Å². The highest BCUT2D eigenvalue weighted by Gasteiger charge is 2.41. The standard InChI is InChI=1S/C17H20FNO4/c18-15(12-4-2-1-3-5-12)16(21)17-13(6-7-14(20)23-17)19-8-10-22-11-9-19/h1-7,13,15-17,21H,8-11H2/t13?,15-,16+,17-/m1/s1. The Morgan fingerprint density at radius 2 is 1.91 bits per heavy atom. The van der Waals surface area contributed by atoms with Gasteiger partial charge < -0.3 is 14.6 Å². The molecule has 1 saturated heterocycles. The Kier molecular flexibility index (Phi) is 5.05. The van der Waals surface area contributed by atoms with Crippen LogP contribution in [0, 0.1) is 0 Å². The molecule has 0 radical (unpaired) electrons. The topological polar surface area (TPSA) is 59.0 Å². The van der Waals surface area contributed by atoms with Gasteiger partial charge in [-0.1, -0.05) is 36.4 Å². The summed E-state index contributed by atoms with van der Waals surface area (Å²) in [7, 11) is 0. The average Bonchev–Trinajstić information content (AvgIpc) is 2.62. The maximum Gasteiger partial charge on any atom is 0.330 e. The highest BCUT2D eigenvalue weighted by Crippen LogP contribution is 2.29. The molecule has 4 atom stereocenters. The lowest BCUT2D eigenvalue weighted by molar-refractivity contribution is -0.161. The summed E-state index contributed by atoms with van der Waals surface area (Å²) in [6.07, 6.45) is -0.981. The molecule has 0 amide bonds. The predicted octanol–water partition coefficient (Wildman–Crippen LogP) is 1.24. The number of esters is 1. The van der Waals surface area contributed by atoms with Crippen molar-refractivity contribution in [3.05, 3.63) is 48.0 Å². The first kappa shape index (κ1) is 16.1. The second-order valence-corrected chi connectivity index (χ2v) is 5.70. The third-order valence-corrected chi connectivity index (χ3v) is 4.24. The van der Waals surface area contributed by atoms with Crippen molar-refractivity contribution in [1.29, 1.82) is 0 Å². The van der Waals surface area contributed by atoms with Crippen molar-refractivity contribution in [3.63, 3.8) is 0 Å². The molecule has 0 spiro atoms. The van der Waals surface area contributed by atoms with Gasteiger partial charge in [0.25, 0.3) is 0 Å². The number of morpholine rings is 1. The molecule has 2 heterocycles. The SMILES string of the molecule is O=C1C=CC(N2CCOCC2)[C@H]([C@@H](O)[C@H](F)c2ccccc2)O1. The van der Waals surface area contributed by atoms with E-state index >= 15 is 0 Å². The first-order valence-electron chi connectivity index (χ1n) is 7.74. The van der Waals surface area contributed by atoms with Gasteiger partial charge in [-0.3, -0.25) is 4.90 Å². The average molecular weight is 321 g/mol. The molecule has 0 aromatic heterocycles. The highest BCUT2D eigenvalue weighted by atomic mass is 19.1. The van der Waals surface area contributed by atoms with Crippen LogP contribution in [0.3, 0.4) is 0 Å². The molecule has 0 bridgehead atoms. The van der Waals surface area contributed by atoms with Crippen LogP contribution >= 0.6 is 0 Å². The van der Waals surface area contributed by atoms with Gasteiger partial charge in [-0.2, -0.15) is 0 Å². The van der Waals surface area contributed by atoms with Crippen molar-refractivity contribution < 1.29 is 23.8 Å². The van der Waals surface area contributed by atoms with E-state index in [1.54, 1.807) is 36.4 Å². The lowest BCUT2D eigenvalue weighted by Gasteiger charge is -2.40. The first-order valence-corrected chi connectivity index (χ1v) is 7.74. The molecule has 1 unspecified atom stereocenters. The second-order valence-electron chi connectivity index (χ2n) is 5.70. The number of alkyl halides is 1. The van der Waals surface area contributed by atoms with Crippen LogP contribution in [0.4, 0.5) is 4.39 Å². The summed E-state index contributed by atoms with van der Waals surface area (Å²) in [4.78, 5) is 13.6. The van der Waals surface area contributed by atoms with Crippen LogP contribution < -0.4 is 0 Å². The molecule has 6 heteroatoms. The summed E-state index contributed by atoms with van der Waals surface area (Å²) < 4.78 is 25.2. The first-order chi connectivity index (χ1) is 11.2. The summed E-state index contributed by atoms with van der Waals surface area (Å²) in [5.41, 5.74) is 0.367. The van der Waals surface area contributed by atoms with Crippen LogP contribution in [0.15, 0.2) is 42.5 Å². The Hall–Kier alpha value is -1.76. The number of ether oxygens (including phenoxy) is 2. The number of halogens is 1. The summed E-state index contributed by atoms with van der Waals surface area (Å²) in [5.74, 6) is -0.557. The zero-order valence-corrected chi connectivity index (χ0v) is 12.7. The van der Waals surface area contributed by atoms with Gasteiger partial charge >= 0.3 is 5.97 Å². The third kappa shape index (κ3) is 3.60. The van der Waals surface area contributed by atoms with Crippen LogP contribution in [-0.4, -0.2) is 60.5 Å². The number of aliphatic hydroxyl groups is 1. The normalized spacial score (nSPS) is 28.2. The molecular formula is C17H20FNO4. The minimum Gasteiger partial charge on any atom is -0.454 e. The van der Waals surface area contributed by atoms with Crippen molar-refractivity contribution in [2.24, 2.45) is 0 Å². The number of nitrogens with zero attached hydrogens (tertiary/aromatic N) is 1. The Labute approximate surface area is 134 Å². The van der Waals surface area contributed by atoms with Crippen molar-refractivity contribution in [2.45, 2.75) is 24.4 Å². The van der Waals surface area contributed by atoms with Gasteiger partial charge in [0.1, 0.15) is 6.10 Å². The summed E-state index contributed by atoms with van der Waals surface area (Å²) in [5, 5.41) is 10.5. The van der Waals surface area contributed by atoms with E-state index in [-0.39, 0.29) is 6.04 Å². The van der Waals surface area contributed by atoms with Crippen molar-refractivity contribution in [1.82, 2.24) is 4.90 Å². The van der Waals surface area contributed by atoms with E-state index < -0.39 is 24.3 Å². The number of rotatable bonds is 4. The summed E-state index contributed by atoms with van der Waals surface area (Å²) in [6, 6.07) is 8.06. The van der Waals surface area contributed by atoms with E-state index in [0.717, 1.165) is 0 Å². The van der Waals surface area contributed by atoms with Crippen molar-refractivity contribution >= 4 is 5.97 Å². The Morgan fingerprint density at radius 1 is 1.22 bits per heavy atom.